The quantitative estimate of drug-likeness (QED) is 0.828. The van der Waals surface area contributed by atoms with Crippen LogP contribution in [-0.4, -0.2) is 37.6 Å². The van der Waals surface area contributed by atoms with Crippen molar-refractivity contribution >= 4 is 5.69 Å². The maximum atomic E-state index is 2.57. The molecular weight excluding hydrogens is 268 g/mol. The minimum atomic E-state index is 1.13. The molecule has 22 heavy (non-hydrogen) atoms. The Hall–Kier alpha value is -1.80. The predicted octanol–water partition coefficient (Wildman–Crippen LogP) is 3.76. The van der Waals surface area contributed by atoms with Crippen molar-refractivity contribution in [1.29, 1.82) is 0 Å². The molecule has 0 aliphatic carbocycles. The number of rotatable bonds is 5. The van der Waals surface area contributed by atoms with Crippen LogP contribution in [0.15, 0.2) is 54.6 Å². The summed E-state index contributed by atoms with van der Waals surface area (Å²) in [7, 11) is 0. The van der Waals surface area contributed by atoms with Crippen molar-refractivity contribution in [3.05, 3.63) is 72.1 Å². The third-order valence-corrected chi connectivity index (χ3v) is 4.40. The molecule has 2 heteroatoms. The Morgan fingerprint density at radius 2 is 1.55 bits per heavy atom. The first-order valence-electron chi connectivity index (χ1n) is 8.23. The molecule has 1 aliphatic heterocycles. The molecule has 0 aromatic heterocycles. The molecule has 0 bridgehead atoms. The fourth-order valence-electron chi connectivity index (χ4n) is 2.99. The molecule has 0 amide bonds. The van der Waals surface area contributed by atoms with Gasteiger partial charge in [0.1, 0.15) is 0 Å². The zero-order valence-corrected chi connectivity index (χ0v) is 13.4. The summed E-state index contributed by atoms with van der Waals surface area (Å²) in [6, 6.07) is 19.5. The van der Waals surface area contributed by atoms with Gasteiger partial charge in [-0.15, -0.1) is 0 Å². The fourth-order valence-corrected chi connectivity index (χ4v) is 2.99. The van der Waals surface area contributed by atoms with Crippen molar-refractivity contribution in [3.63, 3.8) is 0 Å². The number of hydrogen-bond acceptors (Lipinski definition) is 2. The van der Waals surface area contributed by atoms with Crippen LogP contribution in [0.1, 0.15) is 17.5 Å². The maximum Gasteiger partial charge on any atom is 0.0367 e. The summed E-state index contributed by atoms with van der Waals surface area (Å²) in [5, 5.41) is 0. The summed E-state index contributed by atoms with van der Waals surface area (Å²) in [5.41, 5.74) is 4.03. The van der Waals surface area contributed by atoms with Gasteiger partial charge in [-0.1, -0.05) is 48.0 Å². The van der Waals surface area contributed by atoms with Crippen LogP contribution in [0.2, 0.25) is 0 Å². The molecule has 0 N–H and O–H groups in total. The molecule has 1 saturated heterocycles. The Labute approximate surface area is 134 Å². The van der Waals surface area contributed by atoms with Crippen molar-refractivity contribution in [3.8, 4) is 0 Å². The van der Waals surface area contributed by atoms with E-state index in [1.807, 2.05) is 0 Å². The first-order valence-corrected chi connectivity index (χ1v) is 8.23. The van der Waals surface area contributed by atoms with Crippen molar-refractivity contribution < 1.29 is 0 Å². The van der Waals surface area contributed by atoms with E-state index >= 15 is 0 Å². The van der Waals surface area contributed by atoms with Crippen LogP contribution in [0.5, 0.6) is 0 Å². The van der Waals surface area contributed by atoms with E-state index in [4.69, 9.17) is 0 Å². The molecule has 0 atom stereocenters. The maximum absolute atomic E-state index is 2.57. The molecule has 115 valence electrons. The van der Waals surface area contributed by atoms with E-state index in [0.29, 0.717) is 0 Å². The highest BCUT2D eigenvalue weighted by molar-refractivity contribution is 5.47. The van der Waals surface area contributed by atoms with Gasteiger partial charge in [-0.3, -0.25) is 4.90 Å². The molecule has 3 rings (SSSR count). The van der Waals surface area contributed by atoms with Crippen LogP contribution < -0.4 is 4.90 Å². The number of piperazine rings is 1. The third-order valence-electron chi connectivity index (χ3n) is 4.40. The Bertz CT molecular complexity index is 554. The molecule has 1 radical (unpaired) electrons. The van der Waals surface area contributed by atoms with E-state index in [0.717, 1.165) is 39.1 Å². The summed E-state index contributed by atoms with van der Waals surface area (Å²) in [5.74, 6) is 0. The monoisotopic (exact) mass is 293 g/mol. The van der Waals surface area contributed by atoms with Gasteiger partial charge in [-0.05, 0) is 44.0 Å². The van der Waals surface area contributed by atoms with Gasteiger partial charge in [0.15, 0.2) is 0 Å². The Morgan fingerprint density at radius 1 is 0.864 bits per heavy atom. The Balaban J connectivity index is 1.41. The summed E-state index contributed by atoms with van der Waals surface area (Å²) >= 11 is 0. The van der Waals surface area contributed by atoms with Crippen LogP contribution in [0.3, 0.4) is 0 Å². The fraction of sp³-hybridized carbons (Fsp3) is 0.350. The van der Waals surface area contributed by atoms with E-state index in [-0.39, 0.29) is 0 Å². The highest BCUT2D eigenvalue weighted by Gasteiger charge is 2.16. The average molecular weight is 293 g/mol. The van der Waals surface area contributed by atoms with E-state index in [9.17, 15) is 0 Å². The second kappa shape index (κ2) is 7.46. The van der Waals surface area contributed by atoms with Gasteiger partial charge in [-0.25, -0.2) is 0 Å². The van der Waals surface area contributed by atoms with Gasteiger partial charge in [-0.2, -0.15) is 0 Å². The van der Waals surface area contributed by atoms with Gasteiger partial charge >= 0.3 is 0 Å². The first kappa shape index (κ1) is 15.1. The molecule has 1 aliphatic rings. The van der Waals surface area contributed by atoms with Crippen LogP contribution in [0.4, 0.5) is 5.69 Å². The minimum Gasteiger partial charge on any atom is -0.369 e. The van der Waals surface area contributed by atoms with Crippen molar-refractivity contribution in [2.75, 3.05) is 37.6 Å². The predicted molar refractivity (Wildman–Crippen MR) is 94.3 cm³/mol. The van der Waals surface area contributed by atoms with Gasteiger partial charge in [0, 0.05) is 31.9 Å². The standard InChI is InChI=1S/C20H25N2/c1-18-9-11-20(12-10-18)22-16-14-21(15-17-22)13-5-8-19-6-3-2-4-7-19/h2-4,6-12H,5,13-17H2,1H3. The lowest BCUT2D eigenvalue weighted by Crippen LogP contribution is -2.46. The number of benzene rings is 2. The Morgan fingerprint density at radius 3 is 2.23 bits per heavy atom. The summed E-state index contributed by atoms with van der Waals surface area (Å²) in [4.78, 5) is 5.07. The summed E-state index contributed by atoms with van der Waals surface area (Å²) in [6.45, 7) is 7.90. The molecule has 0 unspecified atom stereocenters. The van der Waals surface area contributed by atoms with Crippen molar-refractivity contribution in [2.24, 2.45) is 0 Å². The van der Waals surface area contributed by atoms with Crippen molar-refractivity contribution in [2.45, 2.75) is 13.3 Å². The van der Waals surface area contributed by atoms with Crippen LogP contribution >= 0.6 is 0 Å². The highest BCUT2D eigenvalue weighted by atomic mass is 15.3. The van der Waals surface area contributed by atoms with E-state index in [1.165, 1.54) is 16.8 Å². The van der Waals surface area contributed by atoms with Gasteiger partial charge in [0.2, 0.25) is 0 Å². The van der Waals surface area contributed by atoms with Gasteiger partial charge in [0.05, 0.1) is 0 Å². The molecule has 1 fully saturated rings. The second-order valence-corrected chi connectivity index (χ2v) is 6.07. The number of nitrogens with zero attached hydrogens (tertiary/aromatic N) is 2. The van der Waals surface area contributed by atoms with Gasteiger partial charge < -0.3 is 4.90 Å². The van der Waals surface area contributed by atoms with E-state index in [2.05, 4.69) is 77.7 Å². The molecule has 2 aromatic carbocycles. The second-order valence-electron chi connectivity index (χ2n) is 6.07. The Kier molecular flexibility index (Phi) is 5.12. The lowest BCUT2D eigenvalue weighted by molar-refractivity contribution is 0.261. The normalized spacial score (nSPS) is 16.0. The molecule has 2 aromatic rings. The third kappa shape index (κ3) is 4.11. The summed E-state index contributed by atoms with van der Waals surface area (Å²) < 4.78 is 0. The van der Waals surface area contributed by atoms with Crippen LogP contribution in [0.25, 0.3) is 0 Å². The van der Waals surface area contributed by atoms with Crippen LogP contribution in [0, 0.1) is 13.3 Å². The lowest BCUT2D eigenvalue weighted by atomic mass is 10.1. The van der Waals surface area contributed by atoms with Crippen LogP contribution in [-0.2, 0) is 0 Å². The first-order chi connectivity index (χ1) is 10.8. The topological polar surface area (TPSA) is 6.48 Å². The number of aryl methyl sites for hydroxylation is 1. The smallest absolute Gasteiger partial charge is 0.0367 e. The number of hydrogen-bond donors (Lipinski definition) is 0. The average Bonchev–Trinajstić information content (AvgIpc) is 2.57. The largest absolute Gasteiger partial charge is 0.369 e. The highest BCUT2D eigenvalue weighted by Crippen LogP contribution is 2.17. The number of anilines is 1. The zero-order valence-electron chi connectivity index (χ0n) is 13.4. The lowest BCUT2D eigenvalue weighted by Gasteiger charge is -2.36. The molecule has 2 nitrogen and oxygen atoms in total. The van der Waals surface area contributed by atoms with E-state index < -0.39 is 0 Å². The zero-order chi connectivity index (χ0) is 15.2. The molecule has 0 saturated carbocycles. The summed E-state index contributed by atoms with van der Waals surface area (Å²) in [6.07, 6.45) is 3.47. The van der Waals surface area contributed by atoms with E-state index in [1.54, 1.807) is 0 Å². The molecule has 1 heterocycles. The van der Waals surface area contributed by atoms with Crippen molar-refractivity contribution in [1.82, 2.24) is 4.90 Å². The van der Waals surface area contributed by atoms with Gasteiger partial charge in [0.25, 0.3) is 0 Å². The molecule has 0 spiro atoms. The minimum absolute atomic E-state index is 1.13. The molecular formula is C20H25N2. The SMILES string of the molecule is Cc1ccc(N2CCN(CC[CH]c3ccccc3)CC2)cc1.